The first-order valence-corrected chi connectivity index (χ1v) is 5.72. The van der Waals surface area contributed by atoms with Crippen LogP contribution < -0.4 is 4.90 Å². The summed E-state index contributed by atoms with van der Waals surface area (Å²) in [4.78, 5) is 17.2. The molecule has 2 heterocycles. The Kier molecular flexibility index (Phi) is 2.86. The van der Waals surface area contributed by atoms with E-state index in [1.54, 1.807) is 0 Å². The summed E-state index contributed by atoms with van der Waals surface area (Å²) in [6.07, 6.45) is 1.40. The summed E-state index contributed by atoms with van der Waals surface area (Å²) < 4.78 is 4.12. The van der Waals surface area contributed by atoms with Gasteiger partial charge < -0.3 is 10.0 Å². The standard InChI is InChI=1S/C9H13N3O2S/c1-6-10-9(15-11-6)12-4-2-7(3-5-12)8(13)14/h7H,2-5H2,1H3,(H,13,14). The number of carboxylic acid groups (broad SMARTS) is 1. The van der Waals surface area contributed by atoms with Crippen LogP contribution in [-0.2, 0) is 4.79 Å². The first-order valence-electron chi connectivity index (χ1n) is 4.95. The number of rotatable bonds is 2. The van der Waals surface area contributed by atoms with Gasteiger partial charge >= 0.3 is 5.97 Å². The lowest BCUT2D eigenvalue weighted by molar-refractivity contribution is -0.142. The summed E-state index contributed by atoms with van der Waals surface area (Å²) >= 11 is 1.38. The quantitative estimate of drug-likeness (QED) is 0.821. The molecule has 1 fully saturated rings. The molecule has 1 aliphatic rings. The third kappa shape index (κ3) is 2.26. The highest BCUT2D eigenvalue weighted by Gasteiger charge is 2.25. The number of aliphatic carboxylic acids is 1. The van der Waals surface area contributed by atoms with Crippen LogP contribution in [-0.4, -0.2) is 33.5 Å². The van der Waals surface area contributed by atoms with Gasteiger partial charge in [-0.2, -0.15) is 4.37 Å². The summed E-state index contributed by atoms with van der Waals surface area (Å²) in [5.74, 6) is -0.0753. The number of carbonyl (C=O) groups is 1. The Labute approximate surface area is 91.9 Å². The fraction of sp³-hybridized carbons (Fsp3) is 0.667. The molecule has 1 N–H and O–H groups in total. The molecule has 1 aromatic heterocycles. The van der Waals surface area contributed by atoms with E-state index in [1.165, 1.54) is 11.5 Å². The van der Waals surface area contributed by atoms with Gasteiger partial charge in [-0.1, -0.05) is 0 Å². The fourth-order valence-electron chi connectivity index (χ4n) is 1.73. The molecule has 0 aromatic carbocycles. The maximum absolute atomic E-state index is 10.8. The van der Waals surface area contributed by atoms with Gasteiger partial charge in [0.15, 0.2) is 0 Å². The minimum atomic E-state index is -0.678. The lowest BCUT2D eigenvalue weighted by atomic mass is 9.98. The van der Waals surface area contributed by atoms with Gasteiger partial charge in [0.05, 0.1) is 5.92 Å². The van der Waals surface area contributed by atoms with Gasteiger partial charge in [0.25, 0.3) is 0 Å². The predicted octanol–water partition coefficient (Wildman–Crippen LogP) is 1.15. The van der Waals surface area contributed by atoms with Crippen molar-refractivity contribution < 1.29 is 9.90 Å². The molecule has 1 saturated heterocycles. The molecule has 0 bridgehead atoms. The van der Waals surface area contributed by atoms with E-state index in [0.717, 1.165) is 24.0 Å². The molecule has 2 rings (SSSR count). The van der Waals surface area contributed by atoms with Crippen molar-refractivity contribution in [1.82, 2.24) is 9.36 Å². The Balaban J connectivity index is 1.96. The van der Waals surface area contributed by atoms with E-state index < -0.39 is 5.97 Å². The fourth-order valence-corrected chi connectivity index (χ4v) is 2.46. The molecule has 6 heteroatoms. The molecule has 1 aliphatic heterocycles. The number of anilines is 1. The topological polar surface area (TPSA) is 66.3 Å². The number of piperidine rings is 1. The Morgan fingerprint density at radius 1 is 1.53 bits per heavy atom. The van der Waals surface area contributed by atoms with E-state index in [4.69, 9.17) is 5.11 Å². The van der Waals surface area contributed by atoms with Crippen molar-refractivity contribution in [2.45, 2.75) is 19.8 Å². The summed E-state index contributed by atoms with van der Waals surface area (Å²) in [5.41, 5.74) is 0. The SMILES string of the molecule is Cc1nsc(N2CCC(C(=O)O)CC2)n1. The van der Waals surface area contributed by atoms with Crippen LogP contribution >= 0.6 is 11.5 Å². The van der Waals surface area contributed by atoms with Crippen LogP contribution in [0.25, 0.3) is 0 Å². The van der Waals surface area contributed by atoms with Crippen LogP contribution in [0.5, 0.6) is 0 Å². The number of nitrogens with zero attached hydrogens (tertiary/aromatic N) is 3. The normalized spacial score (nSPS) is 18.1. The molecule has 1 aromatic rings. The number of aryl methyl sites for hydroxylation is 1. The van der Waals surface area contributed by atoms with Crippen molar-refractivity contribution in [3.05, 3.63) is 5.82 Å². The maximum atomic E-state index is 10.8. The summed E-state index contributed by atoms with van der Waals surface area (Å²) in [6.45, 7) is 3.40. The van der Waals surface area contributed by atoms with Crippen molar-refractivity contribution >= 4 is 22.6 Å². The average Bonchev–Trinajstić information content (AvgIpc) is 2.65. The molecular weight excluding hydrogens is 214 g/mol. The van der Waals surface area contributed by atoms with Crippen molar-refractivity contribution in [2.24, 2.45) is 5.92 Å². The molecule has 82 valence electrons. The highest BCUT2D eigenvalue weighted by molar-refractivity contribution is 7.09. The van der Waals surface area contributed by atoms with Crippen LogP contribution in [0.4, 0.5) is 5.13 Å². The van der Waals surface area contributed by atoms with E-state index >= 15 is 0 Å². The van der Waals surface area contributed by atoms with Crippen molar-refractivity contribution in [2.75, 3.05) is 18.0 Å². The van der Waals surface area contributed by atoms with Crippen LogP contribution in [0, 0.1) is 12.8 Å². The van der Waals surface area contributed by atoms with E-state index in [0.29, 0.717) is 12.8 Å². The van der Waals surface area contributed by atoms with Crippen molar-refractivity contribution in [1.29, 1.82) is 0 Å². The largest absolute Gasteiger partial charge is 0.481 e. The third-order valence-corrected chi connectivity index (χ3v) is 3.50. The van der Waals surface area contributed by atoms with Gasteiger partial charge in [0, 0.05) is 24.6 Å². The third-order valence-electron chi connectivity index (χ3n) is 2.63. The van der Waals surface area contributed by atoms with E-state index in [1.807, 2.05) is 6.92 Å². The zero-order valence-electron chi connectivity index (χ0n) is 8.51. The number of hydrogen-bond donors (Lipinski definition) is 1. The minimum Gasteiger partial charge on any atom is -0.481 e. The highest BCUT2D eigenvalue weighted by Crippen LogP contribution is 2.24. The molecule has 0 radical (unpaired) electrons. The molecule has 5 nitrogen and oxygen atoms in total. The zero-order valence-corrected chi connectivity index (χ0v) is 9.33. The molecule has 0 unspecified atom stereocenters. The van der Waals surface area contributed by atoms with E-state index in [2.05, 4.69) is 14.3 Å². The number of aromatic nitrogens is 2. The second-order valence-corrected chi connectivity index (χ2v) is 4.45. The van der Waals surface area contributed by atoms with Gasteiger partial charge in [-0.25, -0.2) is 4.98 Å². The number of carboxylic acids is 1. The van der Waals surface area contributed by atoms with E-state index in [9.17, 15) is 4.79 Å². The average molecular weight is 227 g/mol. The van der Waals surface area contributed by atoms with E-state index in [-0.39, 0.29) is 5.92 Å². The molecule has 0 spiro atoms. The Morgan fingerprint density at radius 3 is 2.67 bits per heavy atom. The predicted molar refractivity (Wildman–Crippen MR) is 57.2 cm³/mol. The van der Waals surface area contributed by atoms with Gasteiger partial charge in [0.2, 0.25) is 5.13 Å². The molecule has 15 heavy (non-hydrogen) atoms. The maximum Gasteiger partial charge on any atom is 0.306 e. The van der Waals surface area contributed by atoms with Crippen molar-refractivity contribution in [3.63, 3.8) is 0 Å². The first kappa shape index (κ1) is 10.4. The molecule has 0 saturated carbocycles. The molecule has 0 aliphatic carbocycles. The summed E-state index contributed by atoms with van der Waals surface area (Å²) in [6, 6.07) is 0. The van der Waals surface area contributed by atoms with Gasteiger partial charge in [0.1, 0.15) is 5.82 Å². The summed E-state index contributed by atoms with van der Waals surface area (Å²) in [5, 5.41) is 9.77. The summed E-state index contributed by atoms with van der Waals surface area (Å²) in [7, 11) is 0. The Bertz CT molecular complexity index is 358. The molecular formula is C9H13N3O2S. The second kappa shape index (κ2) is 4.14. The first-order chi connectivity index (χ1) is 7.16. The Morgan fingerprint density at radius 2 is 2.20 bits per heavy atom. The zero-order chi connectivity index (χ0) is 10.8. The second-order valence-electron chi connectivity index (χ2n) is 3.72. The van der Waals surface area contributed by atoms with Gasteiger partial charge in [-0.15, -0.1) is 0 Å². The number of hydrogen-bond acceptors (Lipinski definition) is 5. The van der Waals surface area contributed by atoms with Crippen LogP contribution in [0.3, 0.4) is 0 Å². The smallest absolute Gasteiger partial charge is 0.306 e. The van der Waals surface area contributed by atoms with Crippen LogP contribution in [0.15, 0.2) is 0 Å². The minimum absolute atomic E-state index is 0.185. The molecule has 0 amide bonds. The molecule has 0 atom stereocenters. The lowest BCUT2D eigenvalue weighted by Gasteiger charge is -2.29. The van der Waals surface area contributed by atoms with Crippen molar-refractivity contribution in [3.8, 4) is 0 Å². The van der Waals surface area contributed by atoms with Gasteiger partial charge in [-0.3, -0.25) is 4.79 Å². The van der Waals surface area contributed by atoms with Crippen LogP contribution in [0.1, 0.15) is 18.7 Å². The monoisotopic (exact) mass is 227 g/mol. The highest BCUT2D eigenvalue weighted by atomic mass is 32.1. The van der Waals surface area contributed by atoms with Crippen LogP contribution in [0.2, 0.25) is 0 Å². The lowest BCUT2D eigenvalue weighted by Crippen LogP contribution is -2.36. The van der Waals surface area contributed by atoms with Gasteiger partial charge in [-0.05, 0) is 19.8 Å². The Hall–Kier alpha value is -1.17.